The predicted octanol–water partition coefficient (Wildman–Crippen LogP) is 5.62. The van der Waals surface area contributed by atoms with E-state index in [9.17, 15) is 13.2 Å². The lowest BCUT2D eigenvalue weighted by Crippen LogP contribution is -2.41. The van der Waals surface area contributed by atoms with Gasteiger partial charge in [0, 0.05) is 24.0 Å². The van der Waals surface area contributed by atoms with Crippen molar-refractivity contribution in [3.05, 3.63) is 88.9 Å². The summed E-state index contributed by atoms with van der Waals surface area (Å²) in [6.07, 6.45) is 0.906. The Bertz CT molecular complexity index is 1240. The number of anilines is 1. The van der Waals surface area contributed by atoms with Crippen LogP contribution in [-0.2, 0) is 20.6 Å². The normalized spacial score (nSPS) is 15.1. The van der Waals surface area contributed by atoms with Gasteiger partial charge >= 0.3 is 0 Å². The molecule has 6 nitrogen and oxygen atoms in total. The Morgan fingerprint density at radius 3 is 2.38 bits per heavy atom. The fraction of sp³-hybridized carbons (Fsp3) is 0.269. The van der Waals surface area contributed by atoms with Gasteiger partial charge < -0.3 is 10.1 Å². The number of nitrogens with zero attached hydrogens (tertiary/aromatic N) is 1. The van der Waals surface area contributed by atoms with E-state index in [1.807, 2.05) is 61.5 Å². The van der Waals surface area contributed by atoms with Gasteiger partial charge in [0.1, 0.15) is 5.75 Å². The minimum Gasteiger partial charge on any atom is -0.455 e. The summed E-state index contributed by atoms with van der Waals surface area (Å²) in [5, 5.41) is 3.40. The van der Waals surface area contributed by atoms with Gasteiger partial charge in [0.05, 0.1) is 11.4 Å². The Hall–Kier alpha value is -2.87. The number of piperidine rings is 1. The molecular formula is C26H27ClN2O4S. The van der Waals surface area contributed by atoms with Gasteiger partial charge in [-0.2, -0.15) is 0 Å². The molecule has 0 spiro atoms. The molecule has 34 heavy (non-hydrogen) atoms. The van der Waals surface area contributed by atoms with Crippen LogP contribution in [0.25, 0.3) is 0 Å². The number of aryl methyl sites for hydroxylation is 1. The third-order valence-corrected chi connectivity index (χ3v) is 7.94. The Balaban J connectivity index is 1.37. The van der Waals surface area contributed by atoms with Gasteiger partial charge in [0.25, 0.3) is 0 Å². The number of sulfonamides is 1. The maximum atomic E-state index is 13.0. The first-order valence-corrected chi connectivity index (χ1v) is 13.2. The molecule has 3 aromatic carbocycles. The molecule has 1 heterocycles. The second-order valence-corrected chi connectivity index (χ2v) is 10.9. The fourth-order valence-electron chi connectivity index (χ4n) is 3.92. The molecule has 1 aliphatic heterocycles. The van der Waals surface area contributed by atoms with Crippen LogP contribution in [0.2, 0.25) is 5.02 Å². The van der Waals surface area contributed by atoms with Crippen LogP contribution in [0, 0.1) is 12.8 Å². The highest BCUT2D eigenvalue weighted by Crippen LogP contribution is 2.33. The molecule has 1 fully saturated rings. The standard InChI is InChI=1S/C26H27ClN2O4S/c1-19-7-9-20(10-8-19)18-34(31,32)29-15-13-21(14-16-29)26(30)28-24-17-22(27)11-12-25(24)33-23-5-3-2-4-6-23/h2-12,17,21H,13-16,18H2,1H3,(H,28,30). The smallest absolute Gasteiger partial charge is 0.227 e. The number of benzene rings is 3. The molecule has 0 atom stereocenters. The summed E-state index contributed by atoms with van der Waals surface area (Å²) in [4.78, 5) is 13.0. The topological polar surface area (TPSA) is 75.7 Å². The van der Waals surface area contributed by atoms with Gasteiger partial charge in [-0.3, -0.25) is 4.79 Å². The molecule has 1 amide bonds. The van der Waals surface area contributed by atoms with Crippen molar-refractivity contribution in [2.24, 2.45) is 5.92 Å². The Morgan fingerprint density at radius 2 is 1.71 bits per heavy atom. The zero-order valence-electron chi connectivity index (χ0n) is 18.9. The molecular weight excluding hydrogens is 472 g/mol. The number of ether oxygens (including phenoxy) is 1. The molecule has 0 aliphatic carbocycles. The summed E-state index contributed by atoms with van der Waals surface area (Å²) < 4.78 is 33.1. The van der Waals surface area contributed by atoms with Crippen LogP contribution in [0.4, 0.5) is 5.69 Å². The molecule has 0 saturated carbocycles. The van der Waals surface area contributed by atoms with E-state index in [-0.39, 0.29) is 17.6 Å². The summed E-state index contributed by atoms with van der Waals surface area (Å²) in [5.74, 6) is 0.631. The largest absolute Gasteiger partial charge is 0.455 e. The van der Waals surface area contributed by atoms with Crippen LogP contribution in [0.1, 0.15) is 24.0 Å². The van der Waals surface area contributed by atoms with Crippen molar-refractivity contribution in [3.8, 4) is 11.5 Å². The monoisotopic (exact) mass is 498 g/mol. The van der Waals surface area contributed by atoms with E-state index >= 15 is 0 Å². The zero-order chi connectivity index (χ0) is 24.1. The third-order valence-electron chi connectivity index (χ3n) is 5.86. The van der Waals surface area contributed by atoms with Gasteiger partial charge in [-0.05, 0) is 55.7 Å². The number of nitrogens with one attached hydrogen (secondary N) is 1. The molecule has 1 saturated heterocycles. The number of rotatable bonds is 7. The van der Waals surface area contributed by atoms with Crippen molar-refractivity contribution >= 4 is 33.2 Å². The number of para-hydroxylation sites is 1. The highest BCUT2D eigenvalue weighted by molar-refractivity contribution is 7.88. The van der Waals surface area contributed by atoms with Gasteiger partial charge in [-0.15, -0.1) is 0 Å². The van der Waals surface area contributed by atoms with Crippen molar-refractivity contribution < 1.29 is 17.9 Å². The Kier molecular flexibility index (Phi) is 7.56. The quantitative estimate of drug-likeness (QED) is 0.458. The van der Waals surface area contributed by atoms with Crippen molar-refractivity contribution in [3.63, 3.8) is 0 Å². The number of halogens is 1. The highest BCUT2D eigenvalue weighted by Gasteiger charge is 2.31. The van der Waals surface area contributed by atoms with E-state index in [2.05, 4.69) is 5.32 Å². The zero-order valence-corrected chi connectivity index (χ0v) is 20.5. The van der Waals surface area contributed by atoms with Gasteiger partial charge in [-0.1, -0.05) is 59.6 Å². The maximum absolute atomic E-state index is 13.0. The highest BCUT2D eigenvalue weighted by atomic mass is 35.5. The van der Waals surface area contributed by atoms with Crippen molar-refractivity contribution in [1.82, 2.24) is 4.31 Å². The fourth-order valence-corrected chi connectivity index (χ4v) is 5.66. The lowest BCUT2D eigenvalue weighted by Gasteiger charge is -2.30. The minimum absolute atomic E-state index is 0.0349. The summed E-state index contributed by atoms with van der Waals surface area (Å²) in [6.45, 7) is 2.60. The molecule has 0 bridgehead atoms. The minimum atomic E-state index is -3.44. The second-order valence-electron chi connectivity index (χ2n) is 8.46. The Labute approximate surface area is 205 Å². The summed E-state index contributed by atoms with van der Waals surface area (Å²) in [7, 11) is -3.44. The van der Waals surface area contributed by atoms with Crippen LogP contribution in [0.5, 0.6) is 11.5 Å². The molecule has 0 unspecified atom stereocenters. The number of hydrogen-bond acceptors (Lipinski definition) is 4. The molecule has 3 aromatic rings. The van der Waals surface area contributed by atoms with Crippen LogP contribution >= 0.6 is 11.6 Å². The van der Waals surface area contributed by atoms with E-state index in [0.29, 0.717) is 48.1 Å². The first-order chi connectivity index (χ1) is 16.3. The second kappa shape index (κ2) is 10.6. The van der Waals surface area contributed by atoms with Crippen LogP contribution in [0.3, 0.4) is 0 Å². The van der Waals surface area contributed by atoms with Crippen molar-refractivity contribution in [2.45, 2.75) is 25.5 Å². The third kappa shape index (κ3) is 6.17. The maximum Gasteiger partial charge on any atom is 0.227 e. The number of carbonyl (C=O) groups is 1. The average molecular weight is 499 g/mol. The summed E-state index contributed by atoms with van der Waals surface area (Å²) >= 11 is 6.15. The first-order valence-electron chi connectivity index (χ1n) is 11.2. The van der Waals surface area contributed by atoms with Gasteiger partial charge in [-0.25, -0.2) is 12.7 Å². The number of hydrogen-bond donors (Lipinski definition) is 1. The van der Waals surface area contributed by atoms with Crippen LogP contribution in [0.15, 0.2) is 72.8 Å². The predicted molar refractivity (Wildman–Crippen MR) is 135 cm³/mol. The van der Waals surface area contributed by atoms with E-state index in [4.69, 9.17) is 16.3 Å². The average Bonchev–Trinajstić information content (AvgIpc) is 2.83. The molecule has 0 aromatic heterocycles. The molecule has 0 radical (unpaired) electrons. The molecule has 178 valence electrons. The van der Waals surface area contributed by atoms with E-state index < -0.39 is 10.0 Å². The van der Waals surface area contributed by atoms with Gasteiger partial charge in [0.15, 0.2) is 5.75 Å². The first kappa shape index (κ1) is 24.3. The van der Waals surface area contributed by atoms with Gasteiger partial charge in [0.2, 0.25) is 15.9 Å². The SMILES string of the molecule is Cc1ccc(CS(=O)(=O)N2CCC(C(=O)Nc3cc(Cl)ccc3Oc3ccccc3)CC2)cc1. The summed E-state index contributed by atoms with van der Waals surface area (Å²) in [6, 6.07) is 21.8. The van der Waals surface area contributed by atoms with Crippen LogP contribution in [-0.4, -0.2) is 31.7 Å². The number of carbonyl (C=O) groups excluding carboxylic acids is 1. The van der Waals surface area contributed by atoms with E-state index in [0.717, 1.165) is 11.1 Å². The Morgan fingerprint density at radius 1 is 1.03 bits per heavy atom. The molecule has 1 aliphatic rings. The lowest BCUT2D eigenvalue weighted by atomic mass is 9.97. The number of amides is 1. The lowest BCUT2D eigenvalue weighted by molar-refractivity contribution is -0.120. The van der Waals surface area contributed by atoms with Crippen molar-refractivity contribution in [2.75, 3.05) is 18.4 Å². The van der Waals surface area contributed by atoms with E-state index in [1.165, 1.54) is 4.31 Å². The molecule has 4 rings (SSSR count). The van der Waals surface area contributed by atoms with Crippen LogP contribution < -0.4 is 10.1 Å². The molecule has 8 heteroatoms. The van der Waals surface area contributed by atoms with E-state index in [1.54, 1.807) is 18.2 Å². The molecule has 1 N–H and O–H groups in total. The van der Waals surface area contributed by atoms with Crippen molar-refractivity contribution in [1.29, 1.82) is 0 Å². The summed E-state index contributed by atoms with van der Waals surface area (Å²) in [5.41, 5.74) is 2.33.